The second kappa shape index (κ2) is 4.89. The van der Waals surface area contributed by atoms with Crippen LogP contribution < -0.4 is 5.32 Å². The van der Waals surface area contributed by atoms with Crippen LogP contribution in [-0.2, 0) is 4.79 Å². The van der Waals surface area contributed by atoms with E-state index in [1.807, 2.05) is 30.3 Å². The molecule has 0 unspecified atom stereocenters. The lowest BCUT2D eigenvalue weighted by Crippen LogP contribution is -2.12. The summed E-state index contributed by atoms with van der Waals surface area (Å²) in [5, 5.41) is 10.2. The molecule has 5 nitrogen and oxygen atoms in total. The highest BCUT2D eigenvalue weighted by Crippen LogP contribution is 2.18. The van der Waals surface area contributed by atoms with Crippen molar-refractivity contribution < 1.29 is 9.21 Å². The van der Waals surface area contributed by atoms with Crippen LogP contribution in [0.1, 0.15) is 0 Å². The number of anilines is 1. The van der Waals surface area contributed by atoms with Crippen molar-refractivity contribution in [2.24, 2.45) is 0 Å². The Bertz CT molecular complexity index is 484. The van der Waals surface area contributed by atoms with E-state index in [4.69, 9.17) is 4.42 Å². The standard InChI is InChI=1S/C10H8BrN3O2/c11-6-8(15)12-10-14-13-9(16-10)7-4-2-1-3-5-7/h1-5H,6H2,(H,12,14,15). The Morgan fingerprint density at radius 3 is 2.75 bits per heavy atom. The molecule has 2 aromatic rings. The van der Waals surface area contributed by atoms with E-state index in [0.717, 1.165) is 5.56 Å². The Morgan fingerprint density at radius 1 is 1.31 bits per heavy atom. The van der Waals surface area contributed by atoms with Crippen molar-refractivity contribution in [3.63, 3.8) is 0 Å². The summed E-state index contributed by atoms with van der Waals surface area (Å²) in [5.41, 5.74) is 0.814. The molecular formula is C10H8BrN3O2. The Labute approximate surface area is 100.0 Å². The van der Waals surface area contributed by atoms with Crippen LogP contribution in [0.4, 0.5) is 6.01 Å². The summed E-state index contributed by atoms with van der Waals surface area (Å²) in [6, 6.07) is 9.44. The maximum absolute atomic E-state index is 11.0. The van der Waals surface area contributed by atoms with Crippen molar-refractivity contribution in [3.05, 3.63) is 30.3 Å². The second-order valence-electron chi connectivity index (χ2n) is 2.96. The number of carbonyl (C=O) groups is 1. The molecule has 0 radical (unpaired) electrons. The molecule has 0 atom stereocenters. The summed E-state index contributed by atoms with van der Waals surface area (Å²) >= 11 is 3.02. The third-order valence-corrected chi connectivity index (χ3v) is 2.32. The molecule has 0 saturated heterocycles. The van der Waals surface area contributed by atoms with Gasteiger partial charge >= 0.3 is 6.01 Å². The minimum Gasteiger partial charge on any atom is -0.403 e. The zero-order chi connectivity index (χ0) is 11.4. The maximum atomic E-state index is 11.0. The van der Waals surface area contributed by atoms with Crippen LogP contribution >= 0.6 is 15.9 Å². The fourth-order valence-electron chi connectivity index (χ4n) is 1.12. The van der Waals surface area contributed by atoms with Gasteiger partial charge < -0.3 is 4.42 Å². The second-order valence-corrected chi connectivity index (χ2v) is 3.52. The summed E-state index contributed by atoms with van der Waals surface area (Å²) in [5.74, 6) is 0.147. The molecular weight excluding hydrogens is 274 g/mol. The lowest BCUT2D eigenvalue weighted by molar-refractivity contribution is -0.113. The van der Waals surface area contributed by atoms with Crippen molar-refractivity contribution in [2.45, 2.75) is 0 Å². The van der Waals surface area contributed by atoms with E-state index in [2.05, 4.69) is 31.4 Å². The Morgan fingerprint density at radius 2 is 2.06 bits per heavy atom. The van der Waals surface area contributed by atoms with Crippen LogP contribution in [0.3, 0.4) is 0 Å². The Balaban J connectivity index is 2.17. The van der Waals surface area contributed by atoms with Crippen molar-refractivity contribution in [1.29, 1.82) is 0 Å². The van der Waals surface area contributed by atoms with Gasteiger partial charge in [0.2, 0.25) is 11.8 Å². The van der Waals surface area contributed by atoms with Gasteiger partial charge in [0.25, 0.3) is 0 Å². The molecule has 1 heterocycles. The zero-order valence-electron chi connectivity index (χ0n) is 8.18. The van der Waals surface area contributed by atoms with E-state index in [9.17, 15) is 4.79 Å². The highest BCUT2D eigenvalue weighted by atomic mass is 79.9. The van der Waals surface area contributed by atoms with Crippen LogP contribution in [0.25, 0.3) is 11.5 Å². The van der Waals surface area contributed by atoms with Crippen LogP contribution in [0.15, 0.2) is 34.7 Å². The molecule has 1 aromatic carbocycles. The summed E-state index contributed by atoms with van der Waals surface area (Å²) in [6.45, 7) is 0. The minimum absolute atomic E-state index is 0.100. The van der Waals surface area contributed by atoms with Crippen molar-refractivity contribution in [1.82, 2.24) is 10.2 Å². The van der Waals surface area contributed by atoms with Gasteiger partial charge in [0.05, 0.1) is 5.33 Å². The van der Waals surface area contributed by atoms with Gasteiger partial charge in [0.15, 0.2) is 0 Å². The Kier molecular flexibility index (Phi) is 3.31. The maximum Gasteiger partial charge on any atom is 0.322 e. The van der Waals surface area contributed by atoms with E-state index >= 15 is 0 Å². The van der Waals surface area contributed by atoms with E-state index in [-0.39, 0.29) is 17.3 Å². The van der Waals surface area contributed by atoms with Gasteiger partial charge in [0.1, 0.15) is 0 Å². The third kappa shape index (κ3) is 2.46. The van der Waals surface area contributed by atoms with Gasteiger partial charge in [-0.1, -0.05) is 39.2 Å². The van der Waals surface area contributed by atoms with E-state index in [0.29, 0.717) is 5.89 Å². The number of nitrogens with zero attached hydrogens (tertiary/aromatic N) is 2. The van der Waals surface area contributed by atoms with Gasteiger partial charge in [-0.3, -0.25) is 10.1 Å². The van der Waals surface area contributed by atoms with Crippen LogP contribution in [-0.4, -0.2) is 21.4 Å². The fraction of sp³-hybridized carbons (Fsp3) is 0.100. The zero-order valence-corrected chi connectivity index (χ0v) is 9.77. The molecule has 6 heteroatoms. The number of alkyl halides is 1. The quantitative estimate of drug-likeness (QED) is 0.875. The minimum atomic E-state index is -0.233. The lowest BCUT2D eigenvalue weighted by Gasteiger charge is -1.94. The number of amides is 1. The predicted octanol–water partition coefficient (Wildman–Crippen LogP) is 2.07. The summed E-state index contributed by atoms with van der Waals surface area (Å²) in [7, 11) is 0. The lowest BCUT2D eigenvalue weighted by atomic mass is 10.2. The number of rotatable bonds is 3. The monoisotopic (exact) mass is 281 g/mol. The highest BCUT2D eigenvalue weighted by Gasteiger charge is 2.09. The third-order valence-electron chi connectivity index (χ3n) is 1.81. The number of aromatic nitrogens is 2. The average molecular weight is 282 g/mol. The average Bonchev–Trinajstić information content (AvgIpc) is 2.78. The van der Waals surface area contributed by atoms with E-state index in [1.54, 1.807) is 0 Å². The molecule has 16 heavy (non-hydrogen) atoms. The molecule has 0 saturated carbocycles. The van der Waals surface area contributed by atoms with Gasteiger partial charge in [-0.15, -0.1) is 5.10 Å². The summed E-state index contributed by atoms with van der Waals surface area (Å²) in [6.07, 6.45) is 0. The predicted molar refractivity (Wildman–Crippen MR) is 62.2 cm³/mol. The molecule has 0 aliphatic carbocycles. The van der Waals surface area contributed by atoms with E-state index < -0.39 is 0 Å². The fourth-order valence-corrected chi connectivity index (χ4v) is 1.26. The molecule has 1 N–H and O–H groups in total. The SMILES string of the molecule is O=C(CBr)Nc1nnc(-c2ccccc2)o1. The molecule has 0 spiro atoms. The molecule has 1 aromatic heterocycles. The molecule has 0 aliphatic heterocycles. The van der Waals surface area contributed by atoms with Crippen LogP contribution in [0, 0.1) is 0 Å². The smallest absolute Gasteiger partial charge is 0.322 e. The number of carbonyl (C=O) groups excluding carboxylic acids is 1. The molecule has 0 bridgehead atoms. The summed E-state index contributed by atoms with van der Waals surface area (Å²) in [4.78, 5) is 11.0. The highest BCUT2D eigenvalue weighted by molar-refractivity contribution is 9.09. The van der Waals surface area contributed by atoms with Gasteiger partial charge in [-0.05, 0) is 12.1 Å². The first-order chi connectivity index (χ1) is 7.79. The Hall–Kier alpha value is -1.69. The summed E-state index contributed by atoms with van der Waals surface area (Å²) < 4.78 is 5.27. The molecule has 1 amide bonds. The number of nitrogens with one attached hydrogen (secondary N) is 1. The van der Waals surface area contributed by atoms with Crippen LogP contribution in [0.2, 0.25) is 0 Å². The number of benzene rings is 1. The first-order valence-corrected chi connectivity index (χ1v) is 5.66. The number of hydrogen-bond donors (Lipinski definition) is 1. The van der Waals surface area contributed by atoms with Crippen molar-refractivity contribution in [3.8, 4) is 11.5 Å². The normalized spacial score (nSPS) is 10.1. The molecule has 2 rings (SSSR count). The topological polar surface area (TPSA) is 68.0 Å². The molecule has 0 fully saturated rings. The first-order valence-electron chi connectivity index (χ1n) is 4.54. The number of halogens is 1. The molecule has 0 aliphatic rings. The molecule has 82 valence electrons. The first kappa shape index (κ1) is 10.8. The van der Waals surface area contributed by atoms with Gasteiger partial charge in [0, 0.05) is 5.56 Å². The van der Waals surface area contributed by atoms with Crippen molar-refractivity contribution in [2.75, 3.05) is 10.6 Å². The largest absolute Gasteiger partial charge is 0.403 e. The van der Waals surface area contributed by atoms with Gasteiger partial charge in [-0.25, -0.2) is 0 Å². The number of hydrogen-bond acceptors (Lipinski definition) is 4. The van der Waals surface area contributed by atoms with Crippen molar-refractivity contribution >= 4 is 27.9 Å². The van der Waals surface area contributed by atoms with E-state index in [1.165, 1.54) is 0 Å². The van der Waals surface area contributed by atoms with Gasteiger partial charge in [-0.2, -0.15) is 0 Å². The van der Waals surface area contributed by atoms with Crippen LogP contribution in [0.5, 0.6) is 0 Å².